The number of fused-ring (bicyclic) bond motifs is 1. The van der Waals surface area contributed by atoms with E-state index >= 15 is 0 Å². The van der Waals surface area contributed by atoms with Crippen molar-refractivity contribution in [3.8, 4) is 6.07 Å². The van der Waals surface area contributed by atoms with Gasteiger partial charge in [0.25, 0.3) is 15.9 Å². The summed E-state index contributed by atoms with van der Waals surface area (Å²) < 4.78 is 28.3. The third-order valence-electron chi connectivity index (χ3n) is 6.26. The molecule has 0 saturated carbocycles. The van der Waals surface area contributed by atoms with Crippen molar-refractivity contribution >= 4 is 49.6 Å². The fourth-order valence-corrected chi connectivity index (χ4v) is 6.84. The van der Waals surface area contributed by atoms with Crippen LogP contribution in [0.1, 0.15) is 31.9 Å². The van der Waals surface area contributed by atoms with E-state index in [1.165, 1.54) is 53.3 Å². The van der Waals surface area contributed by atoms with Crippen molar-refractivity contribution in [2.24, 2.45) is 0 Å². The van der Waals surface area contributed by atoms with E-state index in [-0.39, 0.29) is 16.1 Å². The Labute approximate surface area is 230 Å². The van der Waals surface area contributed by atoms with Gasteiger partial charge in [0.2, 0.25) is 0 Å². The zero-order chi connectivity index (χ0) is 26.7. The van der Waals surface area contributed by atoms with Crippen LogP contribution in [0.25, 0.3) is 0 Å². The Hall–Kier alpha value is -3.68. The molecule has 0 aliphatic carbocycles. The zero-order valence-electron chi connectivity index (χ0n) is 20.1. The number of sulfonamides is 1. The third kappa shape index (κ3) is 5.59. The van der Waals surface area contributed by atoms with Gasteiger partial charge in [0, 0.05) is 29.5 Å². The lowest BCUT2D eigenvalue weighted by molar-refractivity contribution is 0.102. The molecule has 5 rings (SSSR count). The molecule has 4 aromatic rings. The maximum absolute atomic E-state index is 13.3. The summed E-state index contributed by atoms with van der Waals surface area (Å²) in [6, 6.07) is 24.6. The number of nitrogens with one attached hydrogen (secondary N) is 2. The fourth-order valence-electron chi connectivity index (χ4n) is 4.40. The lowest BCUT2D eigenvalue weighted by Crippen LogP contribution is -2.29. The van der Waals surface area contributed by atoms with Crippen LogP contribution in [0.2, 0.25) is 5.02 Å². The average molecular weight is 563 g/mol. The summed E-state index contributed by atoms with van der Waals surface area (Å²) in [4.78, 5) is 16.7. The van der Waals surface area contributed by atoms with Gasteiger partial charge in [0.1, 0.15) is 11.1 Å². The minimum Gasteiger partial charge on any atom is -0.312 e. The van der Waals surface area contributed by atoms with E-state index in [4.69, 9.17) is 11.6 Å². The largest absolute Gasteiger partial charge is 0.312 e. The van der Waals surface area contributed by atoms with E-state index in [1.54, 1.807) is 12.1 Å². The number of halogens is 1. The third-order valence-corrected chi connectivity index (χ3v) is 9.03. The lowest BCUT2D eigenvalue weighted by Gasteiger charge is -2.26. The molecule has 0 radical (unpaired) electrons. The molecule has 1 aliphatic heterocycles. The first-order valence-electron chi connectivity index (χ1n) is 11.8. The number of rotatable bonds is 7. The van der Waals surface area contributed by atoms with Crippen LogP contribution in [0, 0.1) is 11.3 Å². The van der Waals surface area contributed by atoms with Crippen molar-refractivity contribution in [2.75, 3.05) is 16.6 Å². The van der Waals surface area contributed by atoms with Crippen LogP contribution in [-0.4, -0.2) is 25.8 Å². The molecule has 1 aromatic heterocycles. The number of anilines is 2. The highest BCUT2D eigenvalue weighted by Gasteiger charge is 2.26. The molecule has 7 nitrogen and oxygen atoms in total. The van der Waals surface area contributed by atoms with Crippen molar-refractivity contribution in [2.45, 2.75) is 24.4 Å². The molecule has 0 atom stereocenters. The van der Waals surface area contributed by atoms with Gasteiger partial charge in [-0.3, -0.25) is 14.4 Å². The van der Waals surface area contributed by atoms with E-state index in [9.17, 15) is 18.5 Å². The van der Waals surface area contributed by atoms with Crippen LogP contribution >= 0.6 is 22.9 Å². The van der Waals surface area contributed by atoms with Gasteiger partial charge < -0.3 is 5.32 Å². The molecular formula is C28H23ClN4O3S2. The van der Waals surface area contributed by atoms with Crippen LogP contribution in [0.4, 0.5) is 10.7 Å². The van der Waals surface area contributed by atoms with E-state index in [0.29, 0.717) is 22.1 Å². The number of hydrogen-bond acceptors (Lipinski definition) is 6. The standard InChI is InChI=1S/C28H23ClN4O3S2/c29-20-10-12-21(13-11-20)38(35,36)32-25-9-5-4-8-23(25)27(34)31-28-24(16-30)22-14-15-33(18-26(22)37-28)17-19-6-2-1-3-7-19/h1-13,32H,14-15,17-18H2,(H,31,34). The topological polar surface area (TPSA) is 102 Å². The van der Waals surface area contributed by atoms with Crippen molar-refractivity contribution in [3.05, 3.63) is 111 Å². The Kier molecular flexibility index (Phi) is 7.49. The first-order valence-corrected chi connectivity index (χ1v) is 14.5. The van der Waals surface area contributed by atoms with Crippen molar-refractivity contribution in [1.29, 1.82) is 5.26 Å². The molecule has 192 valence electrons. The maximum atomic E-state index is 13.3. The van der Waals surface area contributed by atoms with Crippen LogP contribution < -0.4 is 10.0 Å². The van der Waals surface area contributed by atoms with Crippen LogP contribution in [0.3, 0.4) is 0 Å². The van der Waals surface area contributed by atoms with Gasteiger partial charge in [-0.15, -0.1) is 11.3 Å². The molecule has 38 heavy (non-hydrogen) atoms. The molecule has 2 heterocycles. The molecule has 10 heteroatoms. The highest BCUT2D eigenvalue weighted by molar-refractivity contribution is 7.92. The number of carbonyl (C=O) groups is 1. The quantitative estimate of drug-likeness (QED) is 0.293. The summed E-state index contributed by atoms with van der Waals surface area (Å²) in [6.45, 7) is 2.32. The van der Waals surface area contributed by atoms with Gasteiger partial charge in [-0.25, -0.2) is 8.42 Å². The number of para-hydroxylation sites is 1. The van der Waals surface area contributed by atoms with Gasteiger partial charge >= 0.3 is 0 Å². The lowest BCUT2D eigenvalue weighted by atomic mass is 10.0. The normalized spacial score (nSPS) is 13.4. The zero-order valence-corrected chi connectivity index (χ0v) is 22.5. The summed E-state index contributed by atoms with van der Waals surface area (Å²) in [5.41, 5.74) is 2.93. The molecule has 2 N–H and O–H groups in total. The molecule has 0 unspecified atom stereocenters. The monoisotopic (exact) mass is 562 g/mol. The van der Waals surface area contributed by atoms with E-state index in [0.717, 1.165) is 30.0 Å². The number of thiophene rings is 1. The van der Waals surface area contributed by atoms with Crippen LogP contribution in [-0.2, 0) is 29.5 Å². The number of benzene rings is 3. The number of amides is 1. The highest BCUT2D eigenvalue weighted by atomic mass is 35.5. The second-order valence-electron chi connectivity index (χ2n) is 8.83. The first kappa shape index (κ1) is 25.9. The second kappa shape index (κ2) is 11.0. The van der Waals surface area contributed by atoms with Gasteiger partial charge in [-0.1, -0.05) is 54.1 Å². The summed E-state index contributed by atoms with van der Waals surface area (Å²) in [5.74, 6) is -0.504. The van der Waals surface area contributed by atoms with Crippen LogP contribution in [0.15, 0.2) is 83.8 Å². The molecule has 0 bridgehead atoms. The van der Waals surface area contributed by atoms with Gasteiger partial charge in [0.15, 0.2) is 0 Å². The van der Waals surface area contributed by atoms with E-state index in [1.807, 2.05) is 18.2 Å². The second-order valence-corrected chi connectivity index (χ2v) is 12.0. The van der Waals surface area contributed by atoms with Crippen molar-refractivity contribution < 1.29 is 13.2 Å². The van der Waals surface area contributed by atoms with E-state index in [2.05, 4.69) is 33.1 Å². The van der Waals surface area contributed by atoms with Crippen molar-refractivity contribution in [1.82, 2.24) is 4.90 Å². The summed E-state index contributed by atoms with van der Waals surface area (Å²) >= 11 is 7.27. The summed E-state index contributed by atoms with van der Waals surface area (Å²) in [6.07, 6.45) is 0.717. The SMILES string of the molecule is N#Cc1c(NC(=O)c2ccccc2NS(=O)(=O)c2ccc(Cl)cc2)sc2c1CCN(Cc1ccccc1)C2. The van der Waals surface area contributed by atoms with E-state index < -0.39 is 15.9 Å². The predicted octanol–water partition coefficient (Wildman–Crippen LogP) is 5.88. The van der Waals surface area contributed by atoms with Gasteiger partial charge in [0.05, 0.1) is 21.7 Å². The smallest absolute Gasteiger partial charge is 0.261 e. The summed E-state index contributed by atoms with van der Waals surface area (Å²) in [5, 5.41) is 13.6. The fraction of sp³-hybridized carbons (Fsp3) is 0.143. The minimum atomic E-state index is -3.95. The minimum absolute atomic E-state index is 0.0230. The number of carbonyl (C=O) groups excluding carboxylic acids is 1. The number of nitrogens with zero attached hydrogens (tertiary/aromatic N) is 2. The maximum Gasteiger partial charge on any atom is 0.261 e. The Balaban J connectivity index is 1.36. The predicted molar refractivity (Wildman–Crippen MR) is 150 cm³/mol. The Bertz CT molecular complexity index is 1630. The molecular weight excluding hydrogens is 540 g/mol. The highest BCUT2D eigenvalue weighted by Crippen LogP contribution is 2.37. The molecule has 3 aromatic carbocycles. The Morgan fingerprint density at radius 3 is 2.47 bits per heavy atom. The van der Waals surface area contributed by atoms with Gasteiger partial charge in [-0.05, 0) is 53.9 Å². The van der Waals surface area contributed by atoms with Crippen LogP contribution in [0.5, 0.6) is 0 Å². The Morgan fingerprint density at radius 2 is 1.74 bits per heavy atom. The summed E-state index contributed by atoms with van der Waals surface area (Å²) in [7, 11) is -3.95. The molecule has 1 aliphatic rings. The van der Waals surface area contributed by atoms with Crippen molar-refractivity contribution in [3.63, 3.8) is 0 Å². The molecule has 0 spiro atoms. The first-order chi connectivity index (χ1) is 18.3. The molecule has 1 amide bonds. The number of nitriles is 1. The molecule has 0 saturated heterocycles. The van der Waals surface area contributed by atoms with Gasteiger partial charge in [-0.2, -0.15) is 5.26 Å². The Morgan fingerprint density at radius 1 is 1.03 bits per heavy atom. The molecule has 0 fully saturated rings. The number of hydrogen-bond donors (Lipinski definition) is 2. The average Bonchev–Trinajstić information content (AvgIpc) is 3.25.